The zero-order valence-corrected chi connectivity index (χ0v) is 20.1. The number of hydrogen-bond acceptors (Lipinski definition) is 11. The summed E-state index contributed by atoms with van der Waals surface area (Å²) in [6, 6.07) is 6.98. The van der Waals surface area contributed by atoms with Gasteiger partial charge < -0.3 is 14.2 Å². The highest BCUT2D eigenvalue weighted by atomic mass is 32.2. The number of methoxy groups -OCH3 is 2. The molecule has 0 atom stereocenters. The van der Waals surface area contributed by atoms with Gasteiger partial charge in [-0.3, -0.25) is 10.3 Å². The molecular weight excluding hydrogens is 482 g/mol. The van der Waals surface area contributed by atoms with Gasteiger partial charge in [0, 0.05) is 16.7 Å². The Hall–Kier alpha value is -3.52. The van der Waals surface area contributed by atoms with E-state index >= 15 is 0 Å². The van der Waals surface area contributed by atoms with Crippen LogP contribution in [0.3, 0.4) is 0 Å². The van der Waals surface area contributed by atoms with Crippen LogP contribution in [0.2, 0.25) is 0 Å². The van der Waals surface area contributed by atoms with Gasteiger partial charge in [-0.2, -0.15) is 4.98 Å². The standard InChI is InChI=1S/C21H21N5O6S2/c1-12-16(24-21(33-12)34(22,28)29)17-18(32-15-7-5-4-6-14(15)30-2)20(31-3)25-19(23-17)13-8-10-26(27)11-9-13/h4-10,27H,11H2,1-3H3,(H2,22,28,29). The lowest BCUT2D eigenvalue weighted by atomic mass is 10.1. The largest absolute Gasteiger partial charge is 0.493 e. The van der Waals surface area contributed by atoms with Crippen LogP contribution in [0.25, 0.3) is 17.0 Å². The molecule has 2 aromatic heterocycles. The Morgan fingerprint density at radius 2 is 1.82 bits per heavy atom. The van der Waals surface area contributed by atoms with E-state index in [4.69, 9.17) is 19.3 Å². The van der Waals surface area contributed by atoms with Gasteiger partial charge >= 0.3 is 0 Å². The quantitative estimate of drug-likeness (QED) is 0.492. The molecule has 0 fully saturated rings. The van der Waals surface area contributed by atoms with E-state index in [1.54, 1.807) is 43.3 Å². The molecule has 0 saturated carbocycles. The van der Waals surface area contributed by atoms with Crippen molar-refractivity contribution in [1.29, 1.82) is 0 Å². The predicted octanol–water partition coefficient (Wildman–Crippen LogP) is 2.97. The number of hydroxylamine groups is 2. The summed E-state index contributed by atoms with van der Waals surface area (Å²) in [6.07, 6.45) is 4.83. The van der Waals surface area contributed by atoms with Crippen LogP contribution < -0.4 is 19.3 Å². The van der Waals surface area contributed by atoms with Gasteiger partial charge in [0.15, 0.2) is 17.3 Å². The molecule has 0 spiro atoms. The lowest BCUT2D eigenvalue weighted by Gasteiger charge is -2.18. The Balaban J connectivity index is 1.95. The van der Waals surface area contributed by atoms with Crippen molar-refractivity contribution in [3.8, 4) is 34.5 Å². The fourth-order valence-electron chi connectivity index (χ4n) is 3.13. The van der Waals surface area contributed by atoms with E-state index < -0.39 is 10.0 Å². The number of hydrogen-bond donors (Lipinski definition) is 2. The number of nitrogens with zero attached hydrogens (tertiary/aromatic N) is 4. The zero-order valence-electron chi connectivity index (χ0n) is 18.4. The van der Waals surface area contributed by atoms with Crippen molar-refractivity contribution in [2.45, 2.75) is 11.3 Å². The topological polar surface area (TPSA) is 150 Å². The molecule has 0 saturated heterocycles. The third-order valence-corrected chi connectivity index (χ3v) is 7.03. The number of aromatic nitrogens is 3. The Morgan fingerprint density at radius 3 is 2.41 bits per heavy atom. The maximum absolute atomic E-state index is 11.9. The lowest BCUT2D eigenvalue weighted by molar-refractivity contribution is -0.0299. The van der Waals surface area contributed by atoms with Crippen molar-refractivity contribution in [3.63, 3.8) is 0 Å². The van der Waals surface area contributed by atoms with Gasteiger partial charge in [-0.1, -0.05) is 18.2 Å². The van der Waals surface area contributed by atoms with E-state index in [2.05, 4.69) is 15.0 Å². The summed E-state index contributed by atoms with van der Waals surface area (Å²) in [4.78, 5) is 13.9. The second-order valence-electron chi connectivity index (χ2n) is 7.01. The highest BCUT2D eigenvalue weighted by molar-refractivity contribution is 7.91. The Kier molecular flexibility index (Phi) is 6.52. The van der Waals surface area contributed by atoms with E-state index in [-0.39, 0.29) is 39.7 Å². The van der Waals surface area contributed by atoms with Crippen LogP contribution in [0.5, 0.6) is 23.1 Å². The van der Waals surface area contributed by atoms with Crippen molar-refractivity contribution in [2.24, 2.45) is 5.14 Å². The summed E-state index contributed by atoms with van der Waals surface area (Å²) in [5, 5.41) is 15.9. The van der Waals surface area contributed by atoms with Crippen molar-refractivity contribution in [1.82, 2.24) is 20.0 Å². The maximum atomic E-state index is 11.9. The second-order valence-corrected chi connectivity index (χ2v) is 9.95. The number of ether oxygens (including phenoxy) is 3. The van der Waals surface area contributed by atoms with Crippen molar-refractivity contribution < 1.29 is 27.8 Å². The number of para-hydroxylation sites is 2. The van der Waals surface area contributed by atoms with Gasteiger partial charge in [-0.15, -0.1) is 11.3 Å². The first-order chi connectivity index (χ1) is 16.2. The predicted molar refractivity (Wildman–Crippen MR) is 124 cm³/mol. The van der Waals surface area contributed by atoms with Crippen LogP contribution in [0.4, 0.5) is 0 Å². The first-order valence-electron chi connectivity index (χ1n) is 9.83. The van der Waals surface area contributed by atoms with Gasteiger partial charge in [0.1, 0.15) is 11.4 Å². The first kappa shape index (κ1) is 23.6. The fourth-order valence-corrected chi connectivity index (χ4v) is 4.83. The molecule has 0 unspecified atom stereocenters. The van der Waals surface area contributed by atoms with E-state index in [1.807, 2.05) is 0 Å². The fraction of sp³-hybridized carbons (Fsp3) is 0.190. The monoisotopic (exact) mass is 503 g/mol. The summed E-state index contributed by atoms with van der Waals surface area (Å²) >= 11 is 0.920. The van der Waals surface area contributed by atoms with Gasteiger partial charge in [-0.05, 0) is 25.1 Å². The average molecular weight is 504 g/mol. The van der Waals surface area contributed by atoms with Crippen LogP contribution in [-0.2, 0) is 10.0 Å². The SMILES string of the molecule is COc1ccccc1Oc1c(OC)nc(C2=CCN(O)C=C2)nc1-c1nc(S(N)(=O)=O)sc1C. The highest BCUT2D eigenvalue weighted by Gasteiger charge is 2.27. The first-order valence-corrected chi connectivity index (χ1v) is 12.2. The highest BCUT2D eigenvalue weighted by Crippen LogP contribution is 2.43. The van der Waals surface area contributed by atoms with Crippen molar-refractivity contribution in [2.75, 3.05) is 20.8 Å². The summed E-state index contributed by atoms with van der Waals surface area (Å²) in [5.41, 5.74) is 1.08. The third kappa shape index (κ3) is 4.72. The number of benzene rings is 1. The molecule has 1 aliphatic rings. The lowest BCUT2D eigenvalue weighted by Crippen LogP contribution is -2.15. The number of allylic oxidation sites excluding steroid dienone is 2. The van der Waals surface area contributed by atoms with E-state index in [0.717, 1.165) is 16.4 Å². The van der Waals surface area contributed by atoms with E-state index in [9.17, 15) is 13.6 Å². The smallest absolute Gasteiger partial charge is 0.265 e. The molecule has 4 rings (SSSR count). The molecule has 0 bridgehead atoms. The Morgan fingerprint density at radius 1 is 1.09 bits per heavy atom. The zero-order chi connectivity index (χ0) is 24.5. The van der Waals surface area contributed by atoms with Gasteiger partial charge in [0.2, 0.25) is 10.1 Å². The molecule has 0 aliphatic carbocycles. The number of rotatable bonds is 7. The molecule has 34 heavy (non-hydrogen) atoms. The molecule has 13 heteroatoms. The Bertz CT molecular complexity index is 1400. The number of thiazole rings is 1. The van der Waals surface area contributed by atoms with Gasteiger partial charge in [0.05, 0.1) is 20.8 Å². The second kappa shape index (κ2) is 9.38. The molecule has 1 aromatic carbocycles. The molecule has 178 valence electrons. The summed E-state index contributed by atoms with van der Waals surface area (Å²) < 4.78 is 40.6. The normalized spacial score (nSPS) is 13.6. The summed E-state index contributed by atoms with van der Waals surface area (Å²) in [7, 11) is -1.10. The molecule has 0 amide bonds. The molecule has 3 aromatic rings. The number of sulfonamides is 1. The molecular formula is C21H21N5O6S2. The van der Waals surface area contributed by atoms with E-state index in [0.29, 0.717) is 21.9 Å². The third-order valence-electron chi connectivity index (χ3n) is 4.74. The molecule has 0 radical (unpaired) electrons. The average Bonchev–Trinajstić information content (AvgIpc) is 3.22. The molecule has 11 nitrogen and oxygen atoms in total. The molecule has 3 heterocycles. The molecule has 1 aliphatic heterocycles. The number of nitrogens with two attached hydrogens (primary N) is 1. The van der Waals surface area contributed by atoms with Crippen LogP contribution in [0.1, 0.15) is 10.7 Å². The van der Waals surface area contributed by atoms with Crippen molar-refractivity contribution >= 4 is 26.9 Å². The van der Waals surface area contributed by atoms with Gasteiger partial charge in [-0.25, -0.2) is 23.5 Å². The number of primary sulfonamides is 1. The summed E-state index contributed by atoms with van der Waals surface area (Å²) in [5.74, 6) is 1.31. The van der Waals surface area contributed by atoms with Crippen molar-refractivity contribution in [3.05, 3.63) is 53.3 Å². The minimum atomic E-state index is -4.03. The van der Waals surface area contributed by atoms with Crippen LogP contribution in [-0.4, -0.2) is 54.4 Å². The van der Waals surface area contributed by atoms with Gasteiger partial charge in [0.25, 0.3) is 15.9 Å². The van der Waals surface area contributed by atoms with E-state index in [1.165, 1.54) is 20.4 Å². The van der Waals surface area contributed by atoms with Crippen LogP contribution in [0.15, 0.2) is 47.0 Å². The summed E-state index contributed by atoms with van der Waals surface area (Å²) in [6.45, 7) is 1.93. The maximum Gasteiger partial charge on any atom is 0.265 e. The minimum Gasteiger partial charge on any atom is -0.493 e. The van der Waals surface area contributed by atoms with Crippen LogP contribution >= 0.6 is 11.3 Å². The molecule has 3 N–H and O–H groups in total. The number of aryl methyl sites for hydroxylation is 1. The minimum absolute atomic E-state index is 0.0937. The Labute approximate surface area is 199 Å². The van der Waals surface area contributed by atoms with Crippen LogP contribution in [0, 0.1) is 6.92 Å².